The molecule has 1 aliphatic heterocycles. The molecule has 1 heterocycles. The summed E-state index contributed by atoms with van der Waals surface area (Å²) in [5.74, 6) is -1.51. The van der Waals surface area contributed by atoms with Crippen molar-refractivity contribution in [2.45, 2.75) is 6.18 Å². The van der Waals surface area contributed by atoms with E-state index in [-0.39, 0.29) is 10.7 Å². The Bertz CT molecular complexity index is 609. The molecule has 0 aromatic heterocycles. The van der Waals surface area contributed by atoms with E-state index in [4.69, 9.17) is 17.5 Å². The minimum atomic E-state index is -4.60. The van der Waals surface area contributed by atoms with Crippen LogP contribution in [0, 0.1) is 17.2 Å². The standard InChI is InChI=1S/C13H7F3N2S/c14-13(15,16)10-6-11(8-4-2-1-3-5-8)18-12(19)9(10)7-17/h1-6,9H. The van der Waals surface area contributed by atoms with Crippen molar-refractivity contribution in [3.63, 3.8) is 0 Å². The number of dihydropyridines is 1. The van der Waals surface area contributed by atoms with Crippen LogP contribution in [0.2, 0.25) is 0 Å². The molecule has 19 heavy (non-hydrogen) atoms. The monoisotopic (exact) mass is 280 g/mol. The van der Waals surface area contributed by atoms with E-state index in [1.54, 1.807) is 36.4 Å². The largest absolute Gasteiger partial charge is 0.414 e. The summed E-state index contributed by atoms with van der Waals surface area (Å²) in [5, 5.41) is 8.80. The van der Waals surface area contributed by atoms with Crippen molar-refractivity contribution in [3.8, 4) is 6.07 Å². The van der Waals surface area contributed by atoms with E-state index in [9.17, 15) is 13.2 Å². The van der Waals surface area contributed by atoms with E-state index in [0.717, 1.165) is 6.08 Å². The molecule has 0 N–H and O–H groups in total. The molecule has 0 amide bonds. The van der Waals surface area contributed by atoms with Gasteiger partial charge in [0.05, 0.1) is 17.4 Å². The number of hydrogen-bond donors (Lipinski definition) is 0. The minimum Gasteiger partial charge on any atom is -0.239 e. The number of thiocarbonyl (C=S) groups is 1. The Kier molecular flexibility index (Phi) is 3.49. The van der Waals surface area contributed by atoms with Gasteiger partial charge < -0.3 is 0 Å². The predicted molar refractivity (Wildman–Crippen MR) is 68.8 cm³/mol. The fraction of sp³-hybridized carbons (Fsp3) is 0.154. The molecule has 6 heteroatoms. The number of hydrogen-bond acceptors (Lipinski definition) is 2. The number of rotatable bonds is 1. The van der Waals surface area contributed by atoms with Crippen molar-refractivity contribution in [1.29, 1.82) is 5.26 Å². The molecule has 2 rings (SSSR count). The number of benzene rings is 1. The fourth-order valence-electron chi connectivity index (χ4n) is 1.71. The molecule has 2 nitrogen and oxygen atoms in total. The molecule has 0 saturated heterocycles. The molecule has 0 fully saturated rings. The Labute approximate surface area is 112 Å². The third kappa shape index (κ3) is 2.71. The van der Waals surface area contributed by atoms with E-state index < -0.39 is 17.7 Å². The number of nitrogens with zero attached hydrogens (tertiary/aromatic N) is 2. The molecule has 0 radical (unpaired) electrons. The van der Waals surface area contributed by atoms with Gasteiger partial charge in [0.25, 0.3) is 0 Å². The highest BCUT2D eigenvalue weighted by Gasteiger charge is 2.42. The number of allylic oxidation sites excluding steroid dienone is 1. The highest BCUT2D eigenvalue weighted by molar-refractivity contribution is 7.80. The maximum atomic E-state index is 12.9. The van der Waals surface area contributed by atoms with Gasteiger partial charge in [0.1, 0.15) is 10.9 Å². The third-order valence-corrected chi connectivity index (χ3v) is 2.93. The van der Waals surface area contributed by atoms with Gasteiger partial charge >= 0.3 is 6.18 Å². The summed E-state index contributed by atoms with van der Waals surface area (Å²) >= 11 is 4.80. The minimum absolute atomic E-state index is 0.129. The lowest BCUT2D eigenvalue weighted by Crippen LogP contribution is -2.28. The number of halogens is 3. The van der Waals surface area contributed by atoms with Crippen LogP contribution in [0.4, 0.5) is 13.2 Å². The van der Waals surface area contributed by atoms with Crippen molar-refractivity contribution in [2.75, 3.05) is 0 Å². The lowest BCUT2D eigenvalue weighted by Gasteiger charge is -2.20. The summed E-state index contributed by atoms with van der Waals surface area (Å²) in [6.45, 7) is 0. The van der Waals surface area contributed by atoms with Gasteiger partial charge in [-0.2, -0.15) is 18.4 Å². The Morgan fingerprint density at radius 3 is 2.37 bits per heavy atom. The molecule has 1 aromatic carbocycles. The SMILES string of the molecule is N#CC1C(=S)N=C(c2ccccc2)C=C1C(F)(F)F. The molecule has 1 unspecified atom stereocenters. The van der Waals surface area contributed by atoms with Gasteiger partial charge in [-0.15, -0.1) is 0 Å². The summed E-state index contributed by atoms with van der Waals surface area (Å²) < 4.78 is 38.7. The molecule has 0 saturated carbocycles. The average Bonchev–Trinajstić information content (AvgIpc) is 2.37. The summed E-state index contributed by atoms with van der Waals surface area (Å²) in [6.07, 6.45) is -3.71. The highest BCUT2D eigenvalue weighted by atomic mass is 32.1. The van der Waals surface area contributed by atoms with Crippen LogP contribution in [0.15, 0.2) is 47.0 Å². The van der Waals surface area contributed by atoms with Crippen LogP contribution in [-0.4, -0.2) is 16.9 Å². The molecular formula is C13H7F3N2S. The molecule has 0 spiro atoms. The van der Waals surface area contributed by atoms with E-state index >= 15 is 0 Å². The Balaban J connectivity index is 2.52. The van der Waals surface area contributed by atoms with Crippen molar-refractivity contribution in [2.24, 2.45) is 10.9 Å². The van der Waals surface area contributed by atoms with Gasteiger partial charge in [-0.3, -0.25) is 0 Å². The van der Waals surface area contributed by atoms with E-state index in [2.05, 4.69) is 4.99 Å². The van der Waals surface area contributed by atoms with E-state index in [0.29, 0.717) is 5.56 Å². The third-order valence-electron chi connectivity index (χ3n) is 2.61. The van der Waals surface area contributed by atoms with Crippen molar-refractivity contribution in [3.05, 3.63) is 47.5 Å². The molecule has 0 aliphatic carbocycles. The van der Waals surface area contributed by atoms with Crippen LogP contribution in [0.25, 0.3) is 0 Å². The normalized spacial score (nSPS) is 19.5. The second-order valence-corrected chi connectivity index (χ2v) is 4.28. The topological polar surface area (TPSA) is 36.1 Å². The van der Waals surface area contributed by atoms with Gasteiger partial charge in [0, 0.05) is 5.56 Å². The Morgan fingerprint density at radius 2 is 1.84 bits per heavy atom. The van der Waals surface area contributed by atoms with E-state index in [1.165, 1.54) is 0 Å². The molecule has 1 aromatic rings. The van der Waals surface area contributed by atoms with Gasteiger partial charge in [0.2, 0.25) is 0 Å². The van der Waals surface area contributed by atoms with Crippen LogP contribution >= 0.6 is 12.2 Å². The first-order valence-corrected chi connectivity index (χ1v) is 5.70. The summed E-state index contributed by atoms with van der Waals surface area (Å²) in [4.78, 5) is 3.66. The predicted octanol–water partition coefficient (Wildman–Crippen LogP) is 3.45. The van der Waals surface area contributed by atoms with Crippen molar-refractivity contribution in [1.82, 2.24) is 0 Å². The first-order chi connectivity index (χ1) is 8.93. The first kappa shape index (κ1) is 13.4. The molecule has 1 aliphatic rings. The molecular weight excluding hydrogens is 273 g/mol. The number of nitriles is 1. The quantitative estimate of drug-likeness (QED) is 0.739. The lowest BCUT2D eigenvalue weighted by molar-refractivity contribution is -0.0947. The fourth-order valence-corrected chi connectivity index (χ4v) is 1.98. The highest BCUT2D eigenvalue weighted by Crippen LogP contribution is 2.35. The molecule has 1 atom stereocenters. The zero-order valence-corrected chi connectivity index (χ0v) is 10.3. The second kappa shape index (κ2) is 4.94. The first-order valence-electron chi connectivity index (χ1n) is 5.30. The summed E-state index contributed by atoms with van der Waals surface area (Å²) in [5.41, 5.74) is -0.304. The van der Waals surface area contributed by atoms with Gasteiger partial charge in [-0.1, -0.05) is 42.5 Å². The Hall–Kier alpha value is -2.00. The van der Waals surface area contributed by atoms with Crippen LogP contribution in [-0.2, 0) is 0 Å². The van der Waals surface area contributed by atoms with Crippen LogP contribution < -0.4 is 0 Å². The van der Waals surface area contributed by atoms with Crippen LogP contribution in [0.3, 0.4) is 0 Å². The molecule has 0 bridgehead atoms. The van der Waals surface area contributed by atoms with Gasteiger partial charge in [-0.25, -0.2) is 4.99 Å². The summed E-state index contributed by atoms with van der Waals surface area (Å²) in [6, 6.07) is 9.95. The maximum Gasteiger partial charge on any atom is 0.414 e. The van der Waals surface area contributed by atoms with Gasteiger partial charge in [-0.05, 0) is 6.08 Å². The van der Waals surface area contributed by atoms with Crippen molar-refractivity contribution >= 4 is 22.9 Å². The molecule has 96 valence electrons. The van der Waals surface area contributed by atoms with Crippen LogP contribution in [0.5, 0.6) is 0 Å². The van der Waals surface area contributed by atoms with E-state index in [1.807, 2.05) is 0 Å². The zero-order chi connectivity index (χ0) is 14.0. The number of aliphatic imine (C=N–C) groups is 1. The van der Waals surface area contributed by atoms with Crippen LogP contribution in [0.1, 0.15) is 5.56 Å². The maximum absolute atomic E-state index is 12.9. The number of alkyl halides is 3. The van der Waals surface area contributed by atoms with Crippen molar-refractivity contribution < 1.29 is 13.2 Å². The Morgan fingerprint density at radius 1 is 1.21 bits per heavy atom. The summed E-state index contributed by atoms with van der Waals surface area (Å²) in [7, 11) is 0. The zero-order valence-electron chi connectivity index (χ0n) is 9.48. The van der Waals surface area contributed by atoms with Gasteiger partial charge in [0.15, 0.2) is 0 Å². The average molecular weight is 280 g/mol. The lowest BCUT2D eigenvalue weighted by atomic mass is 9.93. The smallest absolute Gasteiger partial charge is 0.239 e. The second-order valence-electron chi connectivity index (χ2n) is 3.86.